The summed E-state index contributed by atoms with van der Waals surface area (Å²) >= 11 is 0. The first-order chi connectivity index (χ1) is 9.53. The maximum atomic E-state index is 12.0. The first-order valence-electron chi connectivity index (χ1n) is 6.16. The quantitative estimate of drug-likeness (QED) is 0.885. The Morgan fingerprint density at radius 3 is 2.15 bits per heavy atom. The predicted octanol–water partition coefficient (Wildman–Crippen LogP) is 4.24. The van der Waals surface area contributed by atoms with Gasteiger partial charge in [0.2, 0.25) is 0 Å². The Kier molecular flexibility index (Phi) is 4.50. The summed E-state index contributed by atoms with van der Waals surface area (Å²) in [5.74, 6) is -0.197. The molecule has 0 bridgehead atoms. The summed E-state index contributed by atoms with van der Waals surface area (Å²) in [4.78, 5) is 0. The normalized spacial score (nSPS) is 11.2. The van der Waals surface area contributed by atoms with Gasteiger partial charge in [0.05, 0.1) is 0 Å². The standard InChI is InChI=1S/C15H14F3NO/c16-15(17,18)20-14-8-6-12(7-9-14)10-11-19-13-4-2-1-3-5-13/h1-9,19H,10-11H2. The lowest BCUT2D eigenvalue weighted by Crippen LogP contribution is -2.17. The molecule has 2 nitrogen and oxygen atoms in total. The van der Waals surface area contributed by atoms with Gasteiger partial charge in [-0.2, -0.15) is 0 Å². The van der Waals surface area contributed by atoms with Gasteiger partial charge in [-0.15, -0.1) is 13.2 Å². The molecule has 2 rings (SSSR count). The molecule has 0 saturated heterocycles. The van der Waals surface area contributed by atoms with Gasteiger partial charge >= 0.3 is 6.36 Å². The third-order valence-corrected chi connectivity index (χ3v) is 2.67. The lowest BCUT2D eigenvalue weighted by atomic mass is 10.1. The SMILES string of the molecule is FC(F)(F)Oc1ccc(CCNc2ccccc2)cc1. The van der Waals surface area contributed by atoms with Gasteiger partial charge in [-0.1, -0.05) is 30.3 Å². The van der Waals surface area contributed by atoms with Crippen LogP contribution in [0, 0.1) is 0 Å². The molecule has 0 aromatic heterocycles. The van der Waals surface area contributed by atoms with Crippen LogP contribution in [0.1, 0.15) is 5.56 Å². The molecule has 20 heavy (non-hydrogen) atoms. The Balaban J connectivity index is 1.82. The van der Waals surface area contributed by atoms with E-state index in [1.54, 1.807) is 12.1 Å². The number of hydrogen-bond donors (Lipinski definition) is 1. The van der Waals surface area contributed by atoms with Crippen LogP contribution < -0.4 is 10.1 Å². The van der Waals surface area contributed by atoms with Crippen LogP contribution in [-0.4, -0.2) is 12.9 Å². The molecule has 0 aliphatic heterocycles. The molecule has 0 unspecified atom stereocenters. The number of para-hydroxylation sites is 1. The number of alkyl halides is 3. The third kappa shape index (κ3) is 4.84. The number of rotatable bonds is 5. The molecule has 0 fully saturated rings. The Bertz CT molecular complexity index is 523. The summed E-state index contributed by atoms with van der Waals surface area (Å²) < 4.78 is 39.8. The van der Waals surface area contributed by atoms with E-state index in [9.17, 15) is 13.2 Å². The molecule has 2 aromatic carbocycles. The van der Waals surface area contributed by atoms with E-state index >= 15 is 0 Å². The molecule has 106 valence electrons. The first kappa shape index (κ1) is 14.2. The lowest BCUT2D eigenvalue weighted by Gasteiger charge is -2.10. The van der Waals surface area contributed by atoms with Gasteiger partial charge < -0.3 is 10.1 Å². The van der Waals surface area contributed by atoms with Crippen molar-refractivity contribution >= 4 is 5.69 Å². The van der Waals surface area contributed by atoms with Crippen molar-refractivity contribution in [1.82, 2.24) is 0 Å². The second-order valence-corrected chi connectivity index (χ2v) is 4.23. The van der Waals surface area contributed by atoms with E-state index in [0.717, 1.165) is 17.7 Å². The van der Waals surface area contributed by atoms with Crippen LogP contribution in [0.5, 0.6) is 5.75 Å². The molecule has 0 aliphatic rings. The highest BCUT2D eigenvalue weighted by molar-refractivity contribution is 5.42. The van der Waals surface area contributed by atoms with Crippen molar-refractivity contribution in [2.45, 2.75) is 12.8 Å². The Morgan fingerprint density at radius 1 is 0.900 bits per heavy atom. The van der Waals surface area contributed by atoms with E-state index in [0.29, 0.717) is 6.54 Å². The zero-order valence-corrected chi connectivity index (χ0v) is 10.7. The smallest absolute Gasteiger partial charge is 0.406 e. The van der Waals surface area contributed by atoms with Crippen LogP contribution >= 0.6 is 0 Å². The topological polar surface area (TPSA) is 21.3 Å². The molecule has 0 atom stereocenters. The van der Waals surface area contributed by atoms with Gasteiger partial charge in [-0.25, -0.2) is 0 Å². The molecule has 0 aliphatic carbocycles. The number of anilines is 1. The van der Waals surface area contributed by atoms with E-state index < -0.39 is 6.36 Å². The second kappa shape index (κ2) is 6.32. The lowest BCUT2D eigenvalue weighted by molar-refractivity contribution is -0.274. The van der Waals surface area contributed by atoms with Crippen molar-refractivity contribution < 1.29 is 17.9 Å². The summed E-state index contributed by atoms with van der Waals surface area (Å²) in [5.41, 5.74) is 1.97. The fourth-order valence-corrected chi connectivity index (χ4v) is 1.76. The molecule has 2 aromatic rings. The fraction of sp³-hybridized carbons (Fsp3) is 0.200. The van der Waals surface area contributed by atoms with Gasteiger partial charge in [-0.05, 0) is 36.2 Å². The van der Waals surface area contributed by atoms with Crippen molar-refractivity contribution in [3.05, 3.63) is 60.2 Å². The summed E-state index contributed by atoms with van der Waals surface area (Å²) in [6.45, 7) is 0.712. The van der Waals surface area contributed by atoms with E-state index in [-0.39, 0.29) is 5.75 Å². The Labute approximate surface area is 115 Å². The summed E-state index contributed by atoms with van der Waals surface area (Å²) in [5, 5.41) is 3.23. The van der Waals surface area contributed by atoms with Crippen LogP contribution in [-0.2, 0) is 6.42 Å². The molecule has 0 saturated carbocycles. The van der Waals surface area contributed by atoms with Crippen molar-refractivity contribution in [2.24, 2.45) is 0 Å². The van der Waals surface area contributed by atoms with Crippen LogP contribution in [0.4, 0.5) is 18.9 Å². The third-order valence-electron chi connectivity index (χ3n) is 2.67. The first-order valence-corrected chi connectivity index (χ1v) is 6.16. The fourth-order valence-electron chi connectivity index (χ4n) is 1.76. The van der Waals surface area contributed by atoms with Crippen LogP contribution in [0.25, 0.3) is 0 Å². The molecular weight excluding hydrogens is 267 g/mol. The number of benzene rings is 2. The van der Waals surface area contributed by atoms with Crippen molar-refractivity contribution in [1.29, 1.82) is 0 Å². The van der Waals surface area contributed by atoms with Crippen LogP contribution in [0.15, 0.2) is 54.6 Å². The van der Waals surface area contributed by atoms with Gasteiger partial charge in [-0.3, -0.25) is 0 Å². The average molecular weight is 281 g/mol. The molecule has 0 spiro atoms. The minimum atomic E-state index is -4.64. The molecule has 1 N–H and O–H groups in total. The summed E-state index contributed by atoms with van der Waals surface area (Å²) in [6.07, 6.45) is -3.92. The van der Waals surface area contributed by atoms with Gasteiger partial charge in [0.15, 0.2) is 0 Å². The molecule has 0 radical (unpaired) electrons. The highest BCUT2D eigenvalue weighted by Gasteiger charge is 2.30. The highest BCUT2D eigenvalue weighted by atomic mass is 19.4. The molecular formula is C15H14F3NO. The van der Waals surface area contributed by atoms with Crippen molar-refractivity contribution in [3.63, 3.8) is 0 Å². The molecule has 5 heteroatoms. The summed E-state index contributed by atoms with van der Waals surface area (Å²) in [6, 6.07) is 15.6. The number of nitrogens with one attached hydrogen (secondary N) is 1. The zero-order chi connectivity index (χ0) is 14.4. The van der Waals surface area contributed by atoms with Gasteiger partial charge in [0, 0.05) is 12.2 Å². The minimum Gasteiger partial charge on any atom is -0.406 e. The maximum Gasteiger partial charge on any atom is 0.573 e. The zero-order valence-electron chi connectivity index (χ0n) is 10.7. The largest absolute Gasteiger partial charge is 0.573 e. The number of ether oxygens (including phenoxy) is 1. The monoisotopic (exact) mass is 281 g/mol. The van der Waals surface area contributed by atoms with E-state index in [1.165, 1.54) is 12.1 Å². The molecule has 0 amide bonds. The average Bonchev–Trinajstić information content (AvgIpc) is 2.40. The summed E-state index contributed by atoms with van der Waals surface area (Å²) in [7, 11) is 0. The number of halogens is 3. The van der Waals surface area contributed by atoms with E-state index in [4.69, 9.17) is 0 Å². The van der Waals surface area contributed by atoms with Gasteiger partial charge in [0.1, 0.15) is 5.75 Å². The highest BCUT2D eigenvalue weighted by Crippen LogP contribution is 2.22. The maximum absolute atomic E-state index is 12.0. The predicted molar refractivity (Wildman–Crippen MR) is 71.8 cm³/mol. The minimum absolute atomic E-state index is 0.197. The Hall–Kier alpha value is -2.17. The second-order valence-electron chi connectivity index (χ2n) is 4.23. The van der Waals surface area contributed by atoms with Crippen LogP contribution in [0.2, 0.25) is 0 Å². The number of hydrogen-bond acceptors (Lipinski definition) is 2. The van der Waals surface area contributed by atoms with Crippen molar-refractivity contribution in [2.75, 3.05) is 11.9 Å². The van der Waals surface area contributed by atoms with Crippen LogP contribution in [0.3, 0.4) is 0 Å². The van der Waals surface area contributed by atoms with Gasteiger partial charge in [0.25, 0.3) is 0 Å². The van der Waals surface area contributed by atoms with E-state index in [1.807, 2.05) is 30.3 Å². The molecule has 0 heterocycles. The van der Waals surface area contributed by atoms with E-state index in [2.05, 4.69) is 10.1 Å². The Morgan fingerprint density at radius 2 is 1.55 bits per heavy atom. The van der Waals surface area contributed by atoms with Crippen molar-refractivity contribution in [3.8, 4) is 5.75 Å².